The molecule has 0 aliphatic rings. The second-order valence-electron chi connectivity index (χ2n) is 4.54. The zero-order chi connectivity index (χ0) is 15.0. The van der Waals surface area contributed by atoms with Gasteiger partial charge < -0.3 is 9.47 Å². The minimum atomic E-state index is 0.288. The van der Waals surface area contributed by atoms with Crippen LogP contribution in [-0.2, 0) is 12.9 Å². The highest BCUT2D eigenvalue weighted by atomic mass is 35.5. The first kappa shape index (κ1) is 13.8. The Kier molecular flexibility index (Phi) is 3.47. The molecule has 2 aromatic heterocycles. The summed E-state index contributed by atoms with van der Waals surface area (Å²) >= 11 is 6.03. The first-order valence-corrected chi connectivity index (χ1v) is 6.90. The second kappa shape index (κ2) is 5.29. The summed E-state index contributed by atoms with van der Waals surface area (Å²) in [7, 11) is 5.07. The summed E-state index contributed by atoms with van der Waals surface area (Å²) in [6.07, 6.45) is 1.87. The molecule has 0 bridgehead atoms. The summed E-state index contributed by atoms with van der Waals surface area (Å²) in [5, 5.41) is 4.42. The minimum Gasteiger partial charge on any atom is -0.493 e. The van der Waals surface area contributed by atoms with Gasteiger partial charge in [-0.25, -0.2) is 4.98 Å². The highest BCUT2D eigenvalue weighted by molar-refractivity contribution is 6.17. The SMILES string of the molecule is COc1cc2nc(CCl)n(-c3ccn(C)n3)c2cc1OC. The lowest BCUT2D eigenvalue weighted by Crippen LogP contribution is -2.01. The van der Waals surface area contributed by atoms with E-state index in [1.165, 1.54) is 0 Å². The normalized spacial score (nSPS) is 11.0. The van der Waals surface area contributed by atoms with Crippen LogP contribution in [0.15, 0.2) is 24.4 Å². The van der Waals surface area contributed by atoms with E-state index in [1.807, 2.05) is 36.0 Å². The molecule has 2 heterocycles. The number of methoxy groups -OCH3 is 2. The van der Waals surface area contributed by atoms with Crippen LogP contribution in [0, 0.1) is 0 Å². The van der Waals surface area contributed by atoms with Crippen molar-refractivity contribution in [1.82, 2.24) is 19.3 Å². The fraction of sp³-hybridized carbons (Fsp3) is 0.286. The van der Waals surface area contributed by atoms with E-state index in [2.05, 4.69) is 10.1 Å². The largest absolute Gasteiger partial charge is 0.493 e. The van der Waals surface area contributed by atoms with Crippen molar-refractivity contribution in [3.63, 3.8) is 0 Å². The van der Waals surface area contributed by atoms with E-state index in [0.29, 0.717) is 11.5 Å². The number of hydrogen-bond acceptors (Lipinski definition) is 4. The molecule has 1 aromatic carbocycles. The number of alkyl halides is 1. The molecular weight excluding hydrogens is 292 g/mol. The monoisotopic (exact) mass is 306 g/mol. The summed E-state index contributed by atoms with van der Waals surface area (Å²) < 4.78 is 14.3. The summed E-state index contributed by atoms with van der Waals surface area (Å²) in [6.45, 7) is 0. The van der Waals surface area contributed by atoms with Gasteiger partial charge in [0.05, 0.1) is 31.1 Å². The molecule has 3 aromatic rings. The van der Waals surface area contributed by atoms with Crippen LogP contribution >= 0.6 is 11.6 Å². The van der Waals surface area contributed by atoms with Gasteiger partial charge in [-0.05, 0) is 0 Å². The van der Waals surface area contributed by atoms with Crippen molar-refractivity contribution in [2.24, 2.45) is 7.05 Å². The van der Waals surface area contributed by atoms with Gasteiger partial charge in [-0.1, -0.05) is 0 Å². The average Bonchev–Trinajstić information content (AvgIpc) is 3.07. The van der Waals surface area contributed by atoms with Gasteiger partial charge in [-0.15, -0.1) is 11.6 Å². The molecule has 0 aliphatic carbocycles. The topological polar surface area (TPSA) is 54.1 Å². The van der Waals surface area contributed by atoms with Gasteiger partial charge in [0.15, 0.2) is 17.3 Å². The molecule has 21 heavy (non-hydrogen) atoms. The maximum Gasteiger partial charge on any atom is 0.163 e. The van der Waals surface area contributed by atoms with Crippen LogP contribution in [0.1, 0.15) is 5.82 Å². The summed E-state index contributed by atoms with van der Waals surface area (Å²) in [4.78, 5) is 4.55. The van der Waals surface area contributed by atoms with Crippen molar-refractivity contribution >= 4 is 22.6 Å². The first-order chi connectivity index (χ1) is 10.2. The van der Waals surface area contributed by atoms with Crippen LogP contribution in [0.5, 0.6) is 11.5 Å². The molecule has 0 atom stereocenters. The van der Waals surface area contributed by atoms with Crippen molar-refractivity contribution in [3.8, 4) is 17.3 Å². The summed E-state index contributed by atoms with van der Waals surface area (Å²) in [6, 6.07) is 5.63. The Morgan fingerprint density at radius 3 is 2.48 bits per heavy atom. The van der Waals surface area contributed by atoms with Gasteiger partial charge in [-0.3, -0.25) is 9.25 Å². The van der Waals surface area contributed by atoms with Crippen molar-refractivity contribution in [3.05, 3.63) is 30.2 Å². The van der Waals surface area contributed by atoms with E-state index in [9.17, 15) is 0 Å². The van der Waals surface area contributed by atoms with Crippen LogP contribution in [0.3, 0.4) is 0 Å². The van der Waals surface area contributed by atoms with Gasteiger partial charge >= 0.3 is 0 Å². The maximum absolute atomic E-state index is 6.03. The standard InChI is InChI=1S/C14H15ClN4O2/c1-18-5-4-13(17-18)19-10-7-12(21-3)11(20-2)6-9(10)16-14(19)8-15/h4-7H,8H2,1-3H3. The Morgan fingerprint density at radius 1 is 1.19 bits per heavy atom. The fourth-order valence-corrected chi connectivity index (χ4v) is 2.50. The van der Waals surface area contributed by atoms with E-state index in [1.54, 1.807) is 18.9 Å². The van der Waals surface area contributed by atoms with E-state index < -0.39 is 0 Å². The summed E-state index contributed by atoms with van der Waals surface area (Å²) in [5.41, 5.74) is 1.66. The third-order valence-electron chi connectivity index (χ3n) is 3.28. The van der Waals surface area contributed by atoms with Crippen molar-refractivity contribution in [2.75, 3.05) is 14.2 Å². The molecule has 0 aliphatic heterocycles. The van der Waals surface area contributed by atoms with Crippen molar-refractivity contribution in [2.45, 2.75) is 5.88 Å². The smallest absolute Gasteiger partial charge is 0.163 e. The Labute approximate surface area is 126 Å². The third kappa shape index (κ3) is 2.21. The number of imidazole rings is 1. The van der Waals surface area contributed by atoms with E-state index in [4.69, 9.17) is 21.1 Å². The van der Waals surface area contributed by atoms with E-state index >= 15 is 0 Å². The Hall–Kier alpha value is -2.21. The second-order valence-corrected chi connectivity index (χ2v) is 4.81. The van der Waals surface area contributed by atoms with Crippen LogP contribution in [0.2, 0.25) is 0 Å². The minimum absolute atomic E-state index is 0.288. The molecule has 6 nitrogen and oxygen atoms in total. The van der Waals surface area contributed by atoms with E-state index in [-0.39, 0.29) is 5.88 Å². The number of ether oxygens (including phenoxy) is 2. The number of aromatic nitrogens is 4. The van der Waals surface area contributed by atoms with Gasteiger partial charge in [0.1, 0.15) is 5.82 Å². The van der Waals surface area contributed by atoms with Gasteiger partial charge in [0.2, 0.25) is 0 Å². The van der Waals surface area contributed by atoms with E-state index in [0.717, 1.165) is 22.7 Å². The number of hydrogen-bond donors (Lipinski definition) is 0. The zero-order valence-electron chi connectivity index (χ0n) is 12.0. The number of rotatable bonds is 4. The molecule has 7 heteroatoms. The third-order valence-corrected chi connectivity index (χ3v) is 3.52. The van der Waals surface area contributed by atoms with Gasteiger partial charge in [0.25, 0.3) is 0 Å². The van der Waals surface area contributed by atoms with Gasteiger partial charge in [-0.2, -0.15) is 5.10 Å². The number of fused-ring (bicyclic) bond motifs is 1. The van der Waals surface area contributed by atoms with Crippen LogP contribution < -0.4 is 9.47 Å². The molecule has 0 unspecified atom stereocenters. The predicted octanol–water partition coefficient (Wildman–Crippen LogP) is 2.52. The molecule has 0 fully saturated rings. The fourth-order valence-electron chi connectivity index (χ4n) is 2.32. The number of nitrogens with zero attached hydrogens (tertiary/aromatic N) is 4. The summed E-state index contributed by atoms with van der Waals surface area (Å²) in [5.74, 6) is 3.05. The Morgan fingerprint density at radius 2 is 1.90 bits per heavy atom. The van der Waals surface area contributed by atoms with Crippen molar-refractivity contribution in [1.29, 1.82) is 0 Å². The molecule has 0 N–H and O–H groups in total. The molecule has 0 radical (unpaired) electrons. The molecule has 3 rings (SSSR count). The average molecular weight is 307 g/mol. The van der Waals surface area contributed by atoms with Crippen LogP contribution in [-0.4, -0.2) is 33.6 Å². The van der Waals surface area contributed by atoms with Crippen molar-refractivity contribution < 1.29 is 9.47 Å². The van der Waals surface area contributed by atoms with Crippen LogP contribution in [0.4, 0.5) is 0 Å². The molecule has 0 spiro atoms. The van der Waals surface area contributed by atoms with Crippen LogP contribution in [0.25, 0.3) is 16.9 Å². The lowest BCUT2D eigenvalue weighted by molar-refractivity contribution is 0.355. The predicted molar refractivity (Wildman–Crippen MR) is 80.5 cm³/mol. The quantitative estimate of drug-likeness (QED) is 0.695. The molecule has 0 amide bonds. The lowest BCUT2D eigenvalue weighted by Gasteiger charge is -2.08. The first-order valence-electron chi connectivity index (χ1n) is 6.37. The molecule has 0 saturated carbocycles. The molecule has 0 saturated heterocycles. The highest BCUT2D eigenvalue weighted by Gasteiger charge is 2.17. The zero-order valence-corrected chi connectivity index (χ0v) is 12.8. The Bertz CT molecular complexity index is 794. The number of aryl methyl sites for hydroxylation is 1. The van der Waals surface area contributed by atoms with Gasteiger partial charge in [0, 0.05) is 31.4 Å². The highest BCUT2D eigenvalue weighted by Crippen LogP contribution is 2.33. The Balaban J connectivity index is 2.31. The maximum atomic E-state index is 6.03. The molecule has 110 valence electrons. The number of benzene rings is 1. The lowest BCUT2D eigenvalue weighted by atomic mass is 10.2. The molecular formula is C14H15ClN4O2. The number of halogens is 1.